The van der Waals surface area contributed by atoms with Gasteiger partial charge in [-0.15, -0.1) is 0 Å². The fraction of sp³-hybridized carbons (Fsp3) is 0.556. The smallest absolute Gasteiger partial charge is 0.303 e. The van der Waals surface area contributed by atoms with Crippen LogP contribution in [-0.2, 0) is 28.5 Å². The molecule has 24 heavy (non-hydrogen) atoms. The van der Waals surface area contributed by atoms with Gasteiger partial charge in [-0.05, 0) is 31.6 Å². The number of carbonyl (C=O) groups excluding carboxylic acids is 2. The summed E-state index contributed by atoms with van der Waals surface area (Å²) in [7, 11) is 0. The zero-order valence-corrected chi connectivity index (χ0v) is 14.0. The summed E-state index contributed by atoms with van der Waals surface area (Å²) in [5.41, 5.74) is 0. The van der Waals surface area contributed by atoms with E-state index in [0.717, 1.165) is 12.8 Å². The molecular weight excluding hydrogens is 312 g/mol. The van der Waals surface area contributed by atoms with Crippen LogP contribution in [0.25, 0.3) is 0 Å². The molecule has 6 heteroatoms. The van der Waals surface area contributed by atoms with E-state index in [1.807, 2.05) is 0 Å². The number of carbonyl (C=O) groups is 2. The number of hydrogen-bond donors (Lipinski definition) is 0. The molecule has 2 saturated heterocycles. The number of allylic oxidation sites excluding steroid dienone is 1. The summed E-state index contributed by atoms with van der Waals surface area (Å²) in [5, 5.41) is 0. The maximum absolute atomic E-state index is 11.5. The van der Waals surface area contributed by atoms with Crippen molar-refractivity contribution in [2.45, 2.75) is 58.0 Å². The van der Waals surface area contributed by atoms with Crippen molar-refractivity contribution in [3.05, 3.63) is 11.8 Å². The second kappa shape index (κ2) is 7.90. The van der Waals surface area contributed by atoms with Crippen molar-refractivity contribution in [3.63, 3.8) is 0 Å². The van der Waals surface area contributed by atoms with Crippen LogP contribution >= 0.6 is 0 Å². The van der Waals surface area contributed by atoms with Gasteiger partial charge in [0.15, 0.2) is 5.76 Å². The van der Waals surface area contributed by atoms with Crippen LogP contribution in [0.3, 0.4) is 0 Å². The molecule has 0 unspecified atom stereocenters. The van der Waals surface area contributed by atoms with Crippen molar-refractivity contribution < 1.29 is 28.5 Å². The molecule has 0 aliphatic carbocycles. The van der Waals surface area contributed by atoms with E-state index in [4.69, 9.17) is 18.9 Å². The molecule has 3 atom stereocenters. The summed E-state index contributed by atoms with van der Waals surface area (Å²) >= 11 is 0. The maximum atomic E-state index is 11.5. The fourth-order valence-corrected chi connectivity index (χ4v) is 2.74. The van der Waals surface area contributed by atoms with Gasteiger partial charge in [-0.1, -0.05) is 11.8 Å². The predicted molar refractivity (Wildman–Crippen MR) is 84.0 cm³/mol. The minimum absolute atomic E-state index is 0.295. The van der Waals surface area contributed by atoms with Crippen molar-refractivity contribution in [3.8, 4) is 23.7 Å². The van der Waals surface area contributed by atoms with Crippen molar-refractivity contribution in [1.82, 2.24) is 0 Å². The third kappa shape index (κ3) is 4.10. The first-order chi connectivity index (χ1) is 11.5. The molecule has 2 aliphatic heterocycles. The molecule has 0 aromatic heterocycles. The van der Waals surface area contributed by atoms with Gasteiger partial charge in [0.1, 0.15) is 0 Å². The van der Waals surface area contributed by atoms with Gasteiger partial charge in [-0.25, -0.2) is 0 Å². The molecule has 0 radical (unpaired) electrons. The topological polar surface area (TPSA) is 71.1 Å². The Balaban J connectivity index is 2.38. The molecule has 0 amide bonds. The highest BCUT2D eigenvalue weighted by Crippen LogP contribution is 2.43. The molecule has 0 aromatic carbocycles. The second-order valence-electron chi connectivity index (χ2n) is 5.47. The number of ether oxygens (including phenoxy) is 4. The Hall–Kier alpha value is -2.44. The van der Waals surface area contributed by atoms with E-state index in [9.17, 15) is 9.59 Å². The van der Waals surface area contributed by atoms with Gasteiger partial charge in [0, 0.05) is 26.3 Å². The molecular formula is C18H20O6. The van der Waals surface area contributed by atoms with Crippen molar-refractivity contribution in [2.24, 2.45) is 0 Å². The van der Waals surface area contributed by atoms with E-state index in [0.29, 0.717) is 18.8 Å². The Labute approximate surface area is 141 Å². The van der Waals surface area contributed by atoms with Gasteiger partial charge in [-0.2, -0.15) is 0 Å². The molecule has 2 rings (SSSR count). The summed E-state index contributed by atoms with van der Waals surface area (Å²) in [6.07, 6.45) is 1.98. The quantitative estimate of drug-likeness (QED) is 0.566. The summed E-state index contributed by atoms with van der Waals surface area (Å²) in [5.74, 6) is 8.75. The third-order valence-electron chi connectivity index (χ3n) is 3.61. The lowest BCUT2D eigenvalue weighted by atomic mass is 9.98. The largest absolute Gasteiger partial charge is 0.458 e. The van der Waals surface area contributed by atoms with E-state index in [1.54, 1.807) is 6.92 Å². The molecule has 128 valence electrons. The average Bonchev–Trinajstić information content (AvgIpc) is 2.78. The van der Waals surface area contributed by atoms with Gasteiger partial charge < -0.3 is 18.9 Å². The molecule has 2 aliphatic rings. The lowest BCUT2D eigenvalue weighted by Gasteiger charge is -2.36. The van der Waals surface area contributed by atoms with E-state index in [2.05, 4.69) is 23.7 Å². The predicted octanol–water partition coefficient (Wildman–Crippen LogP) is 1.69. The number of esters is 2. The van der Waals surface area contributed by atoms with E-state index >= 15 is 0 Å². The maximum Gasteiger partial charge on any atom is 0.303 e. The normalized spacial score (nSPS) is 29.7. The summed E-state index contributed by atoms with van der Waals surface area (Å²) in [6, 6.07) is 0. The molecule has 6 nitrogen and oxygen atoms in total. The summed E-state index contributed by atoms with van der Waals surface area (Å²) in [4.78, 5) is 23.0. The summed E-state index contributed by atoms with van der Waals surface area (Å²) in [6.45, 7) is 4.73. The first-order valence-corrected chi connectivity index (χ1v) is 7.78. The SMILES string of the molecule is CC#CC#C/C=C1/O[C@@]2(CCCCO2)[C@H](OC(C)=O)[C@H]1OC(C)=O. The molecule has 0 N–H and O–H groups in total. The Bertz CT molecular complexity index is 648. The minimum atomic E-state index is -1.14. The lowest BCUT2D eigenvalue weighted by molar-refractivity contribution is -0.263. The summed E-state index contributed by atoms with van der Waals surface area (Å²) < 4.78 is 22.5. The zero-order chi connectivity index (χ0) is 17.6. The standard InChI is InChI=1S/C18H20O6/c1-4-5-6-7-10-15-16(22-13(2)19)17(23-14(3)20)18(24-15)11-8-9-12-21-18/h10,16-17H,8-9,11-12H2,1-3H3/b15-10+/t16-,17+,18-/m0/s1. The van der Waals surface area contributed by atoms with Crippen molar-refractivity contribution in [2.75, 3.05) is 6.61 Å². The van der Waals surface area contributed by atoms with Crippen LogP contribution in [-0.4, -0.2) is 36.5 Å². The lowest BCUT2D eigenvalue weighted by Crippen LogP contribution is -2.50. The highest BCUT2D eigenvalue weighted by atomic mass is 16.7. The average molecular weight is 332 g/mol. The minimum Gasteiger partial charge on any atom is -0.458 e. The third-order valence-corrected chi connectivity index (χ3v) is 3.61. The Kier molecular flexibility index (Phi) is 5.89. The van der Waals surface area contributed by atoms with Crippen LogP contribution in [0.2, 0.25) is 0 Å². The van der Waals surface area contributed by atoms with Crippen molar-refractivity contribution >= 4 is 11.9 Å². The first kappa shape index (κ1) is 17.9. The zero-order valence-electron chi connectivity index (χ0n) is 14.0. The Morgan fingerprint density at radius 3 is 2.54 bits per heavy atom. The number of rotatable bonds is 2. The Morgan fingerprint density at radius 1 is 1.21 bits per heavy atom. The van der Waals surface area contributed by atoms with Gasteiger partial charge >= 0.3 is 11.9 Å². The van der Waals surface area contributed by atoms with Gasteiger partial charge in [-0.3, -0.25) is 9.59 Å². The molecule has 1 spiro atoms. The van der Waals surface area contributed by atoms with Crippen LogP contribution in [0.5, 0.6) is 0 Å². The van der Waals surface area contributed by atoms with Crippen LogP contribution in [0.15, 0.2) is 11.8 Å². The van der Waals surface area contributed by atoms with Crippen LogP contribution in [0.4, 0.5) is 0 Å². The highest BCUT2D eigenvalue weighted by molar-refractivity contribution is 5.68. The molecule has 0 bridgehead atoms. The van der Waals surface area contributed by atoms with E-state index in [-0.39, 0.29) is 0 Å². The van der Waals surface area contributed by atoms with E-state index < -0.39 is 29.9 Å². The molecule has 0 aromatic rings. The van der Waals surface area contributed by atoms with Gasteiger partial charge in [0.25, 0.3) is 5.79 Å². The second-order valence-corrected chi connectivity index (χ2v) is 5.47. The monoisotopic (exact) mass is 332 g/mol. The molecule has 2 heterocycles. The van der Waals surface area contributed by atoms with E-state index in [1.165, 1.54) is 19.9 Å². The first-order valence-electron chi connectivity index (χ1n) is 7.78. The van der Waals surface area contributed by atoms with Gasteiger partial charge in [0.05, 0.1) is 6.61 Å². The molecule has 2 fully saturated rings. The Morgan fingerprint density at radius 2 is 1.96 bits per heavy atom. The van der Waals surface area contributed by atoms with Crippen LogP contribution in [0, 0.1) is 23.7 Å². The fourth-order valence-electron chi connectivity index (χ4n) is 2.74. The van der Waals surface area contributed by atoms with Crippen molar-refractivity contribution in [1.29, 1.82) is 0 Å². The van der Waals surface area contributed by atoms with Crippen LogP contribution in [0.1, 0.15) is 40.0 Å². The van der Waals surface area contributed by atoms with Gasteiger partial charge in [0.2, 0.25) is 12.2 Å². The van der Waals surface area contributed by atoms with Crippen LogP contribution < -0.4 is 0 Å². The number of hydrogen-bond acceptors (Lipinski definition) is 6. The molecule has 0 saturated carbocycles. The highest BCUT2D eigenvalue weighted by Gasteiger charge is 2.59.